The minimum atomic E-state index is -4.55. The van der Waals surface area contributed by atoms with Crippen molar-refractivity contribution in [2.24, 2.45) is 0 Å². The summed E-state index contributed by atoms with van der Waals surface area (Å²) in [6.45, 7) is 3.22. The smallest absolute Gasteiger partial charge is 0.416 e. The van der Waals surface area contributed by atoms with Crippen LogP contribution in [0.15, 0.2) is 53.9 Å². The first-order valence-electron chi connectivity index (χ1n) is 9.37. The van der Waals surface area contributed by atoms with Crippen LogP contribution in [-0.4, -0.2) is 16.9 Å². The quantitative estimate of drug-likeness (QED) is 0.450. The van der Waals surface area contributed by atoms with Crippen molar-refractivity contribution in [3.8, 4) is 0 Å². The van der Waals surface area contributed by atoms with Gasteiger partial charge in [-0.1, -0.05) is 25.1 Å². The van der Waals surface area contributed by atoms with Crippen LogP contribution in [0.1, 0.15) is 41.0 Å². The van der Waals surface area contributed by atoms with Crippen LogP contribution in [0.25, 0.3) is 0 Å². The summed E-state index contributed by atoms with van der Waals surface area (Å²) in [5, 5.41) is 2.03. The van der Waals surface area contributed by atoms with E-state index in [-0.39, 0.29) is 18.1 Å². The number of halogens is 3. The summed E-state index contributed by atoms with van der Waals surface area (Å²) in [5.74, 6) is -1.12. The normalized spacial score (nSPS) is 11.3. The number of hydrogen-bond donors (Lipinski definition) is 0. The molecule has 0 radical (unpaired) electrons. The van der Waals surface area contributed by atoms with E-state index in [2.05, 4.69) is 4.98 Å². The zero-order valence-corrected chi connectivity index (χ0v) is 17.6. The topological polar surface area (TPSA) is 59.5 Å². The highest BCUT2D eigenvalue weighted by molar-refractivity contribution is 7.14. The molecule has 3 aromatic rings. The molecule has 3 rings (SSSR count). The molecule has 9 heteroatoms. The molecular weight excluding hydrogens is 429 g/mol. The third-order valence-corrected chi connectivity index (χ3v) is 5.30. The summed E-state index contributed by atoms with van der Waals surface area (Å²) in [4.78, 5) is 30.1. The molecule has 1 heterocycles. The van der Waals surface area contributed by atoms with Crippen molar-refractivity contribution in [3.05, 3.63) is 76.3 Å². The average molecular weight is 448 g/mol. The number of nitrogens with zero attached hydrogens (tertiary/aromatic N) is 2. The molecule has 0 atom stereocenters. The number of thiazole rings is 1. The molecule has 0 aliphatic heterocycles. The molecule has 1 aromatic heterocycles. The Morgan fingerprint density at radius 2 is 1.84 bits per heavy atom. The Balaban J connectivity index is 1.71. The van der Waals surface area contributed by atoms with Crippen LogP contribution in [0.4, 0.5) is 24.0 Å². The number of aryl methyl sites for hydroxylation is 1. The summed E-state index contributed by atoms with van der Waals surface area (Å²) in [6, 6.07) is 11.5. The molecule has 0 fully saturated rings. The monoisotopic (exact) mass is 448 g/mol. The Hall–Kier alpha value is -3.20. The molecule has 0 saturated heterocycles. The maximum absolute atomic E-state index is 12.8. The molecule has 0 aliphatic carbocycles. The van der Waals surface area contributed by atoms with Crippen LogP contribution in [-0.2, 0) is 28.7 Å². The second-order valence-corrected chi connectivity index (χ2v) is 7.49. The van der Waals surface area contributed by atoms with E-state index in [9.17, 15) is 22.8 Å². The largest absolute Gasteiger partial charge is 0.456 e. The standard InChI is InChI=1S/C22H19F3N2O3S/c1-3-15-7-9-19(10-8-15)27(14(2)28)21-26-18(13-31-21)12-30-20(29)16-5-4-6-17(11-16)22(23,24)25/h4-11,13H,3,12H2,1-2H3. The fourth-order valence-corrected chi connectivity index (χ4v) is 3.69. The highest BCUT2D eigenvalue weighted by Crippen LogP contribution is 2.31. The van der Waals surface area contributed by atoms with Gasteiger partial charge in [-0.25, -0.2) is 9.78 Å². The molecule has 31 heavy (non-hydrogen) atoms. The number of benzene rings is 2. The first kappa shape index (κ1) is 22.5. The summed E-state index contributed by atoms with van der Waals surface area (Å²) < 4.78 is 43.6. The van der Waals surface area contributed by atoms with Gasteiger partial charge in [0.15, 0.2) is 5.13 Å². The van der Waals surface area contributed by atoms with Gasteiger partial charge in [-0.05, 0) is 42.3 Å². The van der Waals surface area contributed by atoms with Crippen molar-refractivity contribution < 1.29 is 27.5 Å². The van der Waals surface area contributed by atoms with E-state index in [1.165, 1.54) is 29.2 Å². The second kappa shape index (κ2) is 9.30. The number of aromatic nitrogens is 1. The van der Waals surface area contributed by atoms with Gasteiger partial charge in [-0.2, -0.15) is 13.2 Å². The Kier molecular flexibility index (Phi) is 6.74. The van der Waals surface area contributed by atoms with Crippen LogP contribution < -0.4 is 4.90 Å². The van der Waals surface area contributed by atoms with Gasteiger partial charge >= 0.3 is 12.1 Å². The maximum atomic E-state index is 12.8. The van der Waals surface area contributed by atoms with Crippen molar-refractivity contribution in [2.45, 2.75) is 33.1 Å². The van der Waals surface area contributed by atoms with Crippen molar-refractivity contribution in [1.82, 2.24) is 4.98 Å². The second-order valence-electron chi connectivity index (χ2n) is 6.65. The minimum Gasteiger partial charge on any atom is -0.456 e. The molecule has 0 N–H and O–H groups in total. The number of carbonyl (C=O) groups excluding carboxylic acids is 2. The molecule has 0 saturated carbocycles. The van der Waals surface area contributed by atoms with E-state index in [0.29, 0.717) is 16.5 Å². The molecule has 0 unspecified atom stereocenters. The molecular formula is C22H19F3N2O3S. The number of esters is 1. The summed E-state index contributed by atoms with van der Waals surface area (Å²) in [5.41, 5.74) is 1.05. The molecule has 2 aromatic carbocycles. The van der Waals surface area contributed by atoms with Gasteiger partial charge in [0, 0.05) is 12.3 Å². The molecule has 0 bridgehead atoms. The van der Waals surface area contributed by atoms with Gasteiger partial charge in [0.25, 0.3) is 0 Å². The number of carbonyl (C=O) groups is 2. The maximum Gasteiger partial charge on any atom is 0.416 e. The predicted molar refractivity (Wildman–Crippen MR) is 111 cm³/mol. The summed E-state index contributed by atoms with van der Waals surface area (Å²) in [6.07, 6.45) is -3.68. The summed E-state index contributed by atoms with van der Waals surface area (Å²) >= 11 is 1.20. The Morgan fingerprint density at radius 1 is 1.13 bits per heavy atom. The van der Waals surface area contributed by atoms with Crippen LogP contribution in [0.2, 0.25) is 0 Å². The lowest BCUT2D eigenvalue weighted by Crippen LogP contribution is -2.22. The van der Waals surface area contributed by atoms with Gasteiger partial charge in [-0.15, -0.1) is 11.3 Å². The molecule has 1 amide bonds. The number of rotatable bonds is 6. The average Bonchev–Trinajstić information content (AvgIpc) is 3.20. The van der Waals surface area contributed by atoms with Crippen molar-refractivity contribution in [1.29, 1.82) is 0 Å². The molecule has 0 aliphatic rings. The molecule has 162 valence electrons. The van der Waals surface area contributed by atoms with Crippen LogP contribution in [0.5, 0.6) is 0 Å². The van der Waals surface area contributed by atoms with Gasteiger partial charge in [-0.3, -0.25) is 9.69 Å². The number of hydrogen-bond acceptors (Lipinski definition) is 5. The SMILES string of the molecule is CCc1ccc(N(C(C)=O)c2nc(COC(=O)c3cccc(C(F)(F)F)c3)cs2)cc1. The Labute approximate surface area is 181 Å². The Bertz CT molecular complexity index is 1080. The summed E-state index contributed by atoms with van der Waals surface area (Å²) in [7, 11) is 0. The molecule has 5 nitrogen and oxygen atoms in total. The van der Waals surface area contributed by atoms with Gasteiger partial charge < -0.3 is 4.74 Å². The van der Waals surface area contributed by atoms with E-state index in [1.54, 1.807) is 5.38 Å². The number of alkyl halides is 3. The number of amides is 1. The van der Waals surface area contributed by atoms with Gasteiger partial charge in [0.2, 0.25) is 5.91 Å². The van der Waals surface area contributed by atoms with E-state index in [1.807, 2.05) is 31.2 Å². The first-order chi connectivity index (χ1) is 14.7. The molecule has 0 spiro atoms. The van der Waals surface area contributed by atoms with Crippen molar-refractivity contribution >= 4 is 34.0 Å². The van der Waals surface area contributed by atoms with E-state index in [4.69, 9.17) is 4.74 Å². The lowest BCUT2D eigenvalue weighted by Gasteiger charge is -2.18. The van der Waals surface area contributed by atoms with Crippen LogP contribution >= 0.6 is 11.3 Å². The number of anilines is 2. The predicted octanol–water partition coefficient (Wildman–Crippen LogP) is 5.77. The first-order valence-corrected chi connectivity index (χ1v) is 10.3. The van der Waals surface area contributed by atoms with E-state index >= 15 is 0 Å². The lowest BCUT2D eigenvalue weighted by molar-refractivity contribution is -0.137. The third-order valence-electron chi connectivity index (χ3n) is 4.43. The van der Waals surface area contributed by atoms with E-state index in [0.717, 1.165) is 30.2 Å². The van der Waals surface area contributed by atoms with E-state index < -0.39 is 17.7 Å². The number of ether oxygens (including phenoxy) is 1. The van der Waals surface area contributed by atoms with Gasteiger partial charge in [0.1, 0.15) is 6.61 Å². The van der Waals surface area contributed by atoms with Crippen LogP contribution in [0.3, 0.4) is 0 Å². The highest BCUT2D eigenvalue weighted by atomic mass is 32.1. The highest BCUT2D eigenvalue weighted by Gasteiger charge is 2.31. The zero-order chi connectivity index (χ0) is 22.6. The van der Waals surface area contributed by atoms with Crippen molar-refractivity contribution in [2.75, 3.05) is 4.90 Å². The van der Waals surface area contributed by atoms with Crippen LogP contribution in [0, 0.1) is 0 Å². The van der Waals surface area contributed by atoms with Gasteiger partial charge in [0.05, 0.1) is 22.5 Å². The minimum absolute atomic E-state index is 0.202. The fourth-order valence-electron chi connectivity index (χ4n) is 2.82. The Morgan fingerprint density at radius 3 is 2.45 bits per heavy atom. The fraction of sp³-hybridized carbons (Fsp3) is 0.227. The van der Waals surface area contributed by atoms with Crippen molar-refractivity contribution in [3.63, 3.8) is 0 Å². The zero-order valence-electron chi connectivity index (χ0n) is 16.8. The third kappa shape index (κ3) is 5.49. The lowest BCUT2D eigenvalue weighted by atomic mass is 10.1.